The van der Waals surface area contributed by atoms with Crippen molar-refractivity contribution in [1.82, 2.24) is 5.43 Å². The van der Waals surface area contributed by atoms with E-state index >= 15 is 0 Å². The van der Waals surface area contributed by atoms with Crippen LogP contribution in [0, 0.1) is 0 Å². The maximum atomic E-state index is 12.0. The highest BCUT2D eigenvalue weighted by molar-refractivity contribution is 9.10. The molecule has 0 aliphatic rings. The fourth-order valence-corrected chi connectivity index (χ4v) is 3.10. The lowest BCUT2D eigenvalue weighted by Crippen LogP contribution is -2.24. The quantitative estimate of drug-likeness (QED) is 0.296. The monoisotopic (exact) mass is 491 g/mol. The zero-order valence-corrected chi connectivity index (χ0v) is 19.5. The van der Waals surface area contributed by atoms with Crippen molar-refractivity contribution in [2.24, 2.45) is 5.10 Å². The number of nitrogens with one attached hydrogen (secondary N) is 2. The van der Waals surface area contributed by atoms with E-state index in [1.54, 1.807) is 36.4 Å². The van der Waals surface area contributed by atoms with Gasteiger partial charge in [0.1, 0.15) is 12.2 Å². The van der Waals surface area contributed by atoms with E-state index in [1.165, 1.54) is 13.3 Å². The van der Waals surface area contributed by atoms with E-state index in [0.717, 1.165) is 0 Å². The largest absolute Gasteiger partial charge is 0.497 e. The lowest BCUT2D eigenvalue weighted by atomic mass is 10.2. The first-order valence-electron chi connectivity index (χ1n) is 9.71. The number of carbonyl (C=O) groups is 2. The van der Waals surface area contributed by atoms with Crippen LogP contribution in [0.5, 0.6) is 17.2 Å². The predicted molar refractivity (Wildman–Crippen MR) is 123 cm³/mol. The minimum Gasteiger partial charge on any atom is -0.497 e. The van der Waals surface area contributed by atoms with Crippen LogP contribution >= 0.6 is 15.9 Å². The van der Waals surface area contributed by atoms with Gasteiger partial charge in [0.25, 0.3) is 0 Å². The van der Waals surface area contributed by atoms with Crippen LogP contribution in [0.25, 0.3) is 0 Å². The average Bonchev–Trinajstić information content (AvgIpc) is 2.70. The van der Waals surface area contributed by atoms with Gasteiger partial charge in [0.05, 0.1) is 30.5 Å². The van der Waals surface area contributed by atoms with E-state index in [9.17, 15) is 9.59 Å². The zero-order valence-electron chi connectivity index (χ0n) is 17.9. The summed E-state index contributed by atoms with van der Waals surface area (Å²) in [7, 11) is 1.53. The second-order valence-electron chi connectivity index (χ2n) is 6.68. The molecule has 0 aliphatic heterocycles. The van der Waals surface area contributed by atoms with Crippen LogP contribution in [-0.2, 0) is 9.59 Å². The van der Waals surface area contributed by atoms with E-state index in [-0.39, 0.29) is 12.5 Å². The topological polar surface area (TPSA) is 98.2 Å². The van der Waals surface area contributed by atoms with Gasteiger partial charge in [-0.15, -0.1) is 0 Å². The molecular formula is C22H26BrN3O5. The molecule has 2 aromatic rings. The molecule has 0 saturated carbocycles. The first-order chi connectivity index (χ1) is 14.8. The average molecular weight is 492 g/mol. The van der Waals surface area contributed by atoms with Crippen molar-refractivity contribution in [1.29, 1.82) is 0 Å². The number of carbonyl (C=O) groups excluding carboxylic acids is 2. The molecule has 166 valence electrons. The van der Waals surface area contributed by atoms with Crippen LogP contribution in [0.2, 0.25) is 0 Å². The van der Waals surface area contributed by atoms with Gasteiger partial charge in [0.15, 0.2) is 11.5 Å². The number of halogens is 1. The van der Waals surface area contributed by atoms with Gasteiger partial charge in [-0.1, -0.05) is 6.07 Å². The molecule has 8 nitrogen and oxygen atoms in total. The summed E-state index contributed by atoms with van der Waals surface area (Å²) in [5.74, 6) is 0.774. The van der Waals surface area contributed by atoms with Gasteiger partial charge >= 0.3 is 0 Å². The van der Waals surface area contributed by atoms with E-state index in [1.807, 2.05) is 20.8 Å². The number of anilines is 1. The third-order valence-electron chi connectivity index (χ3n) is 3.76. The van der Waals surface area contributed by atoms with Crippen molar-refractivity contribution in [3.8, 4) is 17.2 Å². The molecule has 0 aliphatic carbocycles. The number of hydrogen-bond donors (Lipinski definition) is 2. The molecule has 9 heteroatoms. The minimum absolute atomic E-state index is 0.0163. The molecule has 0 spiro atoms. The minimum atomic E-state index is -0.541. The third-order valence-corrected chi connectivity index (χ3v) is 4.35. The molecule has 0 fully saturated rings. The molecule has 0 bridgehead atoms. The van der Waals surface area contributed by atoms with Crippen LogP contribution in [0.4, 0.5) is 5.69 Å². The lowest BCUT2D eigenvalue weighted by molar-refractivity contribution is -0.126. The molecule has 0 heterocycles. The van der Waals surface area contributed by atoms with E-state index < -0.39 is 11.8 Å². The summed E-state index contributed by atoms with van der Waals surface area (Å²) >= 11 is 3.48. The van der Waals surface area contributed by atoms with Gasteiger partial charge in [-0.25, -0.2) is 5.43 Å². The Kier molecular flexibility index (Phi) is 9.33. The number of hydrogen-bond acceptors (Lipinski definition) is 6. The van der Waals surface area contributed by atoms with Gasteiger partial charge in [0.2, 0.25) is 11.8 Å². The number of amides is 2. The molecule has 2 amide bonds. The molecule has 0 aromatic heterocycles. The van der Waals surface area contributed by atoms with Crippen molar-refractivity contribution >= 4 is 39.6 Å². The SMILES string of the molecule is CCOc1cc(C=NNC(=O)CC(=O)Nc2cccc(OC)c2)cc(Br)c1OC(C)C. The van der Waals surface area contributed by atoms with Crippen molar-refractivity contribution < 1.29 is 23.8 Å². The van der Waals surface area contributed by atoms with E-state index in [4.69, 9.17) is 14.2 Å². The molecule has 2 N–H and O–H groups in total. The number of benzene rings is 2. The van der Waals surface area contributed by atoms with Crippen LogP contribution < -0.4 is 25.0 Å². The van der Waals surface area contributed by atoms with Gasteiger partial charge in [-0.05, 0) is 66.5 Å². The molecule has 0 saturated heterocycles. The fourth-order valence-electron chi connectivity index (χ4n) is 2.55. The molecule has 2 aromatic carbocycles. The molecule has 0 radical (unpaired) electrons. The third kappa shape index (κ3) is 7.93. The second-order valence-corrected chi connectivity index (χ2v) is 7.53. The van der Waals surface area contributed by atoms with Crippen molar-refractivity contribution in [3.63, 3.8) is 0 Å². The Morgan fingerprint density at radius 1 is 1.19 bits per heavy atom. The molecular weight excluding hydrogens is 466 g/mol. The Morgan fingerprint density at radius 3 is 2.65 bits per heavy atom. The first-order valence-corrected chi connectivity index (χ1v) is 10.5. The summed E-state index contributed by atoms with van der Waals surface area (Å²) in [4.78, 5) is 24.0. The fraction of sp³-hybridized carbons (Fsp3) is 0.318. The van der Waals surface area contributed by atoms with Crippen molar-refractivity contribution in [2.45, 2.75) is 33.3 Å². The highest BCUT2D eigenvalue weighted by Crippen LogP contribution is 2.37. The van der Waals surface area contributed by atoms with Gasteiger partial charge < -0.3 is 19.5 Å². The smallest absolute Gasteiger partial charge is 0.249 e. The second kappa shape index (κ2) is 11.9. The molecule has 0 unspecified atom stereocenters. The zero-order chi connectivity index (χ0) is 22.8. The standard InChI is InChI=1S/C22H26BrN3O5/c1-5-30-19-10-15(9-18(23)22(19)31-14(2)3)13-24-26-21(28)12-20(27)25-16-7-6-8-17(11-16)29-4/h6-11,13-14H,5,12H2,1-4H3,(H,25,27)(H,26,28). The van der Waals surface area contributed by atoms with Gasteiger partial charge in [-0.2, -0.15) is 5.10 Å². The maximum absolute atomic E-state index is 12.0. The lowest BCUT2D eigenvalue weighted by Gasteiger charge is -2.16. The van der Waals surface area contributed by atoms with E-state index in [0.29, 0.717) is 39.6 Å². The number of ether oxygens (including phenoxy) is 3. The van der Waals surface area contributed by atoms with E-state index in [2.05, 4.69) is 31.8 Å². The summed E-state index contributed by atoms with van der Waals surface area (Å²) in [6.45, 7) is 6.21. The Morgan fingerprint density at radius 2 is 1.97 bits per heavy atom. The highest BCUT2D eigenvalue weighted by Gasteiger charge is 2.13. The Hall–Kier alpha value is -3.07. The summed E-state index contributed by atoms with van der Waals surface area (Å²) in [6.07, 6.45) is 1.07. The Bertz CT molecular complexity index is 947. The summed E-state index contributed by atoms with van der Waals surface area (Å²) < 4.78 is 17.2. The first kappa shape index (κ1) is 24.2. The maximum Gasteiger partial charge on any atom is 0.249 e. The van der Waals surface area contributed by atoms with Gasteiger partial charge in [0, 0.05) is 11.8 Å². The normalized spacial score (nSPS) is 10.8. The van der Waals surface area contributed by atoms with Crippen LogP contribution in [0.15, 0.2) is 46.0 Å². The number of hydrazone groups is 1. The molecule has 2 rings (SSSR count). The van der Waals surface area contributed by atoms with Gasteiger partial charge in [-0.3, -0.25) is 9.59 Å². The molecule has 0 atom stereocenters. The predicted octanol–water partition coefficient (Wildman–Crippen LogP) is 4.12. The van der Waals surface area contributed by atoms with Crippen LogP contribution in [-0.4, -0.2) is 37.8 Å². The Labute approximate surface area is 190 Å². The summed E-state index contributed by atoms with van der Waals surface area (Å²) in [5, 5.41) is 6.56. The summed E-state index contributed by atoms with van der Waals surface area (Å²) in [5.41, 5.74) is 3.57. The van der Waals surface area contributed by atoms with Crippen LogP contribution in [0.1, 0.15) is 32.8 Å². The number of rotatable bonds is 10. The highest BCUT2D eigenvalue weighted by atomic mass is 79.9. The Balaban J connectivity index is 1.96. The van der Waals surface area contributed by atoms with Crippen LogP contribution in [0.3, 0.4) is 0 Å². The summed E-state index contributed by atoms with van der Waals surface area (Å²) in [6, 6.07) is 10.4. The molecule has 31 heavy (non-hydrogen) atoms. The number of nitrogens with zero attached hydrogens (tertiary/aromatic N) is 1. The number of methoxy groups -OCH3 is 1. The van der Waals surface area contributed by atoms with Crippen molar-refractivity contribution in [3.05, 3.63) is 46.4 Å². The van der Waals surface area contributed by atoms with Crippen molar-refractivity contribution in [2.75, 3.05) is 19.0 Å².